The molecule has 0 aliphatic heterocycles. The van der Waals surface area contributed by atoms with Crippen LogP contribution in [0.3, 0.4) is 0 Å². The molecule has 106 valence electrons. The molecule has 0 aromatic carbocycles. The molecule has 0 bridgehead atoms. The van der Waals surface area contributed by atoms with Crippen molar-refractivity contribution in [3.05, 3.63) is 29.2 Å². The maximum atomic E-state index is 12.3. The molecule has 0 aliphatic rings. The Bertz CT molecular complexity index is 644. The fourth-order valence-corrected chi connectivity index (χ4v) is 1.97. The zero-order valence-corrected chi connectivity index (χ0v) is 12.1. The zero-order chi connectivity index (χ0) is 14.7. The molecule has 2 rings (SSSR count). The minimum atomic E-state index is -0.277. The number of aromatic amines is 1. The topological polar surface area (TPSA) is 102 Å². The molecule has 2 aromatic rings. The Morgan fingerprint density at radius 3 is 2.90 bits per heavy atom. The highest BCUT2D eigenvalue weighted by atomic mass is 32.1. The van der Waals surface area contributed by atoms with Crippen LogP contribution in [0.15, 0.2) is 12.3 Å². The van der Waals surface area contributed by atoms with Gasteiger partial charge in [0, 0.05) is 6.54 Å². The number of nitrogens with one attached hydrogen (secondary N) is 2. The third-order valence-corrected chi connectivity index (χ3v) is 3.09. The molecule has 7 nitrogen and oxygen atoms in total. The average molecular weight is 292 g/mol. The van der Waals surface area contributed by atoms with Crippen LogP contribution in [0.4, 0.5) is 5.82 Å². The van der Waals surface area contributed by atoms with E-state index in [1.807, 2.05) is 13.8 Å². The lowest BCUT2D eigenvalue weighted by molar-refractivity contribution is 0.101. The molecule has 1 amide bonds. The molecule has 0 fully saturated rings. The lowest BCUT2D eigenvalue weighted by Crippen LogP contribution is -2.20. The predicted octanol–water partition coefficient (Wildman–Crippen LogP) is 1.07. The predicted molar refractivity (Wildman–Crippen MR) is 79.7 cm³/mol. The highest BCUT2D eigenvalue weighted by Crippen LogP contribution is 2.13. The Morgan fingerprint density at radius 2 is 2.30 bits per heavy atom. The minimum Gasteiger partial charge on any atom is -0.389 e. The number of carbonyl (C=O) groups is 1. The van der Waals surface area contributed by atoms with Gasteiger partial charge in [0.1, 0.15) is 16.5 Å². The summed E-state index contributed by atoms with van der Waals surface area (Å²) in [7, 11) is 0. The third-order valence-electron chi connectivity index (χ3n) is 2.87. The number of hydrogen-bond acceptors (Lipinski definition) is 4. The van der Waals surface area contributed by atoms with Crippen LogP contribution in [-0.2, 0) is 13.0 Å². The van der Waals surface area contributed by atoms with Gasteiger partial charge in [0.05, 0.1) is 17.5 Å². The first kappa shape index (κ1) is 14.2. The Hall–Kier alpha value is -2.22. The summed E-state index contributed by atoms with van der Waals surface area (Å²) in [6.45, 7) is 4.54. The fourth-order valence-electron chi connectivity index (χ4n) is 1.81. The van der Waals surface area contributed by atoms with Gasteiger partial charge in [0.2, 0.25) is 0 Å². The van der Waals surface area contributed by atoms with Crippen LogP contribution in [0.1, 0.15) is 35.6 Å². The van der Waals surface area contributed by atoms with Crippen molar-refractivity contribution in [1.82, 2.24) is 20.0 Å². The first-order chi connectivity index (χ1) is 9.56. The second-order valence-electron chi connectivity index (χ2n) is 4.17. The van der Waals surface area contributed by atoms with E-state index in [0.717, 1.165) is 12.1 Å². The third kappa shape index (κ3) is 2.69. The largest absolute Gasteiger partial charge is 0.389 e. The molecule has 0 spiro atoms. The van der Waals surface area contributed by atoms with Crippen molar-refractivity contribution in [3.63, 3.8) is 0 Å². The van der Waals surface area contributed by atoms with Gasteiger partial charge in [0.15, 0.2) is 0 Å². The van der Waals surface area contributed by atoms with Crippen LogP contribution in [-0.4, -0.2) is 30.9 Å². The number of amides is 1. The number of thiocarbonyl (C=S) groups is 1. The van der Waals surface area contributed by atoms with E-state index < -0.39 is 0 Å². The number of nitrogens with zero attached hydrogens (tertiary/aromatic N) is 3. The first-order valence-corrected chi connectivity index (χ1v) is 6.68. The van der Waals surface area contributed by atoms with Gasteiger partial charge >= 0.3 is 0 Å². The summed E-state index contributed by atoms with van der Waals surface area (Å²) >= 11 is 4.89. The summed E-state index contributed by atoms with van der Waals surface area (Å²) in [5, 5.41) is 13.5. The van der Waals surface area contributed by atoms with Crippen molar-refractivity contribution < 1.29 is 4.79 Å². The van der Waals surface area contributed by atoms with Gasteiger partial charge in [-0.25, -0.2) is 0 Å². The summed E-state index contributed by atoms with van der Waals surface area (Å²) in [5.41, 5.74) is 7.43. The maximum absolute atomic E-state index is 12.3. The van der Waals surface area contributed by atoms with Crippen molar-refractivity contribution in [2.24, 2.45) is 5.73 Å². The smallest absolute Gasteiger partial charge is 0.275 e. The number of nitrogens with two attached hydrogens (primary N) is 1. The van der Waals surface area contributed by atoms with Crippen LogP contribution in [0.25, 0.3) is 0 Å². The molecule has 0 saturated carbocycles. The number of carbonyl (C=O) groups excluding carboxylic acids is 1. The average Bonchev–Trinajstić information content (AvgIpc) is 3.03. The van der Waals surface area contributed by atoms with Gasteiger partial charge in [-0.3, -0.25) is 14.6 Å². The molecule has 20 heavy (non-hydrogen) atoms. The number of H-pyrrole nitrogens is 1. The lowest BCUT2D eigenvalue weighted by Gasteiger charge is -2.06. The summed E-state index contributed by atoms with van der Waals surface area (Å²) in [4.78, 5) is 12.5. The van der Waals surface area contributed by atoms with E-state index >= 15 is 0 Å². The van der Waals surface area contributed by atoms with E-state index in [0.29, 0.717) is 23.6 Å². The molecular formula is C12H16N6OS. The van der Waals surface area contributed by atoms with E-state index in [1.165, 1.54) is 6.20 Å². The van der Waals surface area contributed by atoms with E-state index in [4.69, 9.17) is 18.0 Å². The van der Waals surface area contributed by atoms with Crippen LogP contribution >= 0.6 is 12.2 Å². The summed E-state index contributed by atoms with van der Waals surface area (Å²) in [6.07, 6.45) is 2.25. The van der Waals surface area contributed by atoms with Crippen molar-refractivity contribution in [2.75, 3.05) is 5.32 Å². The van der Waals surface area contributed by atoms with Crippen molar-refractivity contribution in [1.29, 1.82) is 0 Å². The number of rotatable bonds is 5. The van der Waals surface area contributed by atoms with E-state index in [2.05, 4.69) is 20.6 Å². The van der Waals surface area contributed by atoms with E-state index in [-0.39, 0.29) is 10.9 Å². The van der Waals surface area contributed by atoms with Gasteiger partial charge in [0.25, 0.3) is 5.91 Å². The van der Waals surface area contributed by atoms with Gasteiger partial charge in [-0.1, -0.05) is 19.1 Å². The van der Waals surface area contributed by atoms with Gasteiger partial charge < -0.3 is 11.1 Å². The molecule has 0 saturated heterocycles. The van der Waals surface area contributed by atoms with E-state index in [1.54, 1.807) is 10.7 Å². The minimum absolute atomic E-state index is 0.173. The molecule has 2 heterocycles. The standard InChI is InChI=1S/C12H16N6OS/c1-3-7-5-9(18(4-2)17-7)12(19)15-11-8(10(13)20)6-14-16-11/h5-6H,3-4H2,1-2H3,(H2,13,20)(H2,14,15,16,19). The highest BCUT2D eigenvalue weighted by Gasteiger charge is 2.17. The SMILES string of the molecule is CCc1cc(C(=O)Nc2[nH]ncc2C(N)=S)n(CC)n1. The van der Waals surface area contributed by atoms with Gasteiger partial charge in [-0.15, -0.1) is 0 Å². The lowest BCUT2D eigenvalue weighted by atomic mass is 10.3. The molecule has 2 aromatic heterocycles. The van der Waals surface area contributed by atoms with Crippen molar-refractivity contribution in [3.8, 4) is 0 Å². The maximum Gasteiger partial charge on any atom is 0.275 e. The summed E-state index contributed by atoms with van der Waals surface area (Å²) in [6, 6.07) is 1.77. The quantitative estimate of drug-likeness (QED) is 0.716. The number of hydrogen-bond donors (Lipinski definition) is 3. The summed E-state index contributed by atoms with van der Waals surface area (Å²) < 4.78 is 1.66. The Morgan fingerprint density at radius 1 is 1.55 bits per heavy atom. The fraction of sp³-hybridized carbons (Fsp3) is 0.333. The van der Waals surface area contributed by atoms with Crippen LogP contribution in [0.5, 0.6) is 0 Å². The Kier molecular flexibility index (Phi) is 4.14. The number of anilines is 1. The zero-order valence-electron chi connectivity index (χ0n) is 11.3. The van der Waals surface area contributed by atoms with Crippen LogP contribution in [0, 0.1) is 0 Å². The van der Waals surface area contributed by atoms with Crippen molar-refractivity contribution >= 4 is 28.9 Å². The second-order valence-corrected chi connectivity index (χ2v) is 4.61. The number of aryl methyl sites for hydroxylation is 2. The molecule has 4 N–H and O–H groups in total. The molecular weight excluding hydrogens is 276 g/mol. The normalized spacial score (nSPS) is 10.5. The Balaban J connectivity index is 2.26. The van der Waals surface area contributed by atoms with Crippen LogP contribution in [0.2, 0.25) is 0 Å². The molecule has 8 heteroatoms. The molecule has 0 aliphatic carbocycles. The first-order valence-electron chi connectivity index (χ1n) is 6.28. The van der Waals surface area contributed by atoms with Gasteiger partial charge in [-0.2, -0.15) is 10.2 Å². The molecule has 0 atom stereocenters. The molecule has 0 radical (unpaired) electrons. The monoisotopic (exact) mass is 292 g/mol. The van der Waals surface area contributed by atoms with Gasteiger partial charge in [-0.05, 0) is 19.4 Å². The Labute approximate surface area is 121 Å². The summed E-state index contributed by atoms with van der Waals surface area (Å²) in [5.74, 6) is 0.116. The second kappa shape index (κ2) is 5.83. The van der Waals surface area contributed by atoms with Crippen LogP contribution < -0.4 is 11.1 Å². The van der Waals surface area contributed by atoms with Crippen molar-refractivity contribution in [2.45, 2.75) is 26.8 Å². The number of aromatic nitrogens is 4. The molecule has 0 unspecified atom stereocenters. The highest BCUT2D eigenvalue weighted by molar-refractivity contribution is 7.80. The van der Waals surface area contributed by atoms with E-state index in [9.17, 15) is 4.79 Å².